The number of hydrogen-bond donors (Lipinski definition) is 0. The molecule has 2 aromatic carbocycles. The number of methoxy groups -OCH3 is 1. The summed E-state index contributed by atoms with van der Waals surface area (Å²) in [4.78, 5) is 5.38. The van der Waals surface area contributed by atoms with E-state index in [4.69, 9.17) is 4.74 Å². The maximum Gasteiger partial charge on any atom is 0.126 e. The van der Waals surface area contributed by atoms with E-state index in [1.54, 1.807) is 25.1 Å². The molecule has 4 aromatic rings. The van der Waals surface area contributed by atoms with Crippen molar-refractivity contribution in [3.63, 3.8) is 0 Å². The summed E-state index contributed by atoms with van der Waals surface area (Å²) in [6.45, 7) is 0.348. The first-order valence-corrected chi connectivity index (χ1v) is 9.15. The van der Waals surface area contributed by atoms with Gasteiger partial charge < -0.3 is 9.30 Å². The van der Waals surface area contributed by atoms with E-state index in [1.165, 1.54) is 12.1 Å². The molecule has 0 unspecified atom stereocenters. The van der Waals surface area contributed by atoms with Crippen molar-refractivity contribution in [1.29, 1.82) is 0 Å². The molecule has 0 atom stereocenters. The molecule has 0 aliphatic rings. The van der Waals surface area contributed by atoms with Crippen molar-refractivity contribution in [2.24, 2.45) is 0 Å². The van der Waals surface area contributed by atoms with E-state index in [-0.39, 0.29) is 0 Å². The normalized spacial score (nSPS) is 11.1. The van der Waals surface area contributed by atoms with Crippen LogP contribution in [0.3, 0.4) is 0 Å². The molecule has 6 heteroatoms. The Balaban J connectivity index is 1.78. The van der Waals surface area contributed by atoms with Gasteiger partial charge in [-0.25, -0.2) is 13.8 Å². The van der Waals surface area contributed by atoms with Crippen molar-refractivity contribution in [1.82, 2.24) is 9.55 Å². The predicted octanol–water partition coefficient (Wildman–Crippen LogP) is 5.52. The van der Waals surface area contributed by atoms with Crippen LogP contribution in [-0.2, 0) is 6.54 Å². The van der Waals surface area contributed by atoms with Crippen LogP contribution in [-0.4, -0.2) is 16.7 Å². The van der Waals surface area contributed by atoms with E-state index in [0.717, 1.165) is 32.6 Å². The van der Waals surface area contributed by atoms with Crippen LogP contribution < -0.4 is 4.74 Å². The summed E-state index contributed by atoms with van der Waals surface area (Å²) in [5.74, 6) is -0.439. The molecule has 0 spiro atoms. The van der Waals surface area contributed by atoms with Gasteiger partial charge in [0.25, 0.3) is 0 Å². The lowest BCUT2D eigenvalue weighted by Crippen LogP contribution is -1.99. The molecule has 0 N–H and O–H groups in total. The summed E-state index contributed by atoms with van der Waals surface area (Å²) in [6, 6.07) is 15.1. The molecule has 2 heterocycles. The first-order valence-electron chi connectivity index (χ1n) is 8.33. The van der Waals surface area contributed by atoms with Gasteiger partial charge in [0.05, 0.1) is 12.6 Å². The first-order chi connectivity index (χ1) is 13.1. The van der Waals surface area contributed by atoms with Crippen LogP contribution in [0.15, 0.2) is 76.9 Å². The second-order valence-corrected chi connectivity index (χ2v) is 7.11. The Kier molecular flexibility index (Phi) is 4.81. The number of nitrogens with zero attached hydrogens (tertiary/aromatic N) is 2. The number of hydrogen-bond acceptors (Lipinski definition) is 3. The monoisotopic (exact) mass is 382 g/mol. The van der Waals surface area contributed by atoms with Crippen LogP contribution >= 0.6 is 11.8 Å². The number of pyridine rings is 1. The Bertz CT molecular complexity index is 1080. The summed E-state index contributed by atoms with van der Waals surface area (Å²) in [5.41, 5.74) is 1.49. The third-order valence-electron chi connectivity index (χ3n) is 4.18. The fourth-order valence-corrected chi connectivity index (χ4v) is 3.94. The van der Waals surface area contributed by atoms with Crippen LogP contribution in [0.4, 0.5) is 8.78 Å². The summed E-state index contributed by atoms with van der Waals surface area (Å²) >= 11 is 1.55. The van der Waals surface area contributed by atoms with Gasteiger partial charge in [-0.05, 0) is 42.0 Å². The molecule has 0 fully saturated rings. The van der Waals surface area contributed by atoms with Crippen LogP contribution in [0.1, 0.15) is 5.56 Å². The second kappa shape index (κ2) is 7.40. The minimum atomic E-state index is -0.581. The molecule has 2 aromatic heterocycles. The number of halogens is 2. The minimum Gasteiger partial charge on any atom is -0.497 e. The van der Waals surface area contributed by atoms with Gasteiger partial charge >= 0.3 is 0 Å². The molecule has 0 saturated carbocycles. The molecule has 3 nitrogen and oxygen atoms in total. The Morgan fingerprint density at radius 2 is 1.85 bits per heavy atom. The van der Waals surface area contributed by atoms with Gasteiger partial charge in [0.1, 0.15) is 22.4 Å². The third-order valence-corrected chi connectivity index (χ3v) is 5.18. The smallest absolute Gasteiger partial charge is 0.126 e. The molecule has 0 bridgehead atoms. The van der Waals surface area contributed by atoms with Crippen LogP contribution in [0.25, 0.3) is 10.9 Å². The fourth-order valence-electron chi connectivity index (χ4n) is 3.00. The van der Waals surface area contributed by atoms with Gasteiger partial charge in [-0.15, -0.1) is 0 Å². The van der Waals surface area contributed by atoms with Gasteiger partial charge in [-0.3, -0.25) is 0 Å². The second-order valence-electron chi connectivity index (χ2n) is 6.05. The fraction of sp³-hybridized carbons (Fsp3) is 0.0952. The zero-order valence-corrected chi connectivity index (χ0v) is 15.3. The van der Waals surface area contributed by atoms with E-state index >= 15 is 0 Å². The first kappa shape index (κ1) is 17.5. The molecule has 136 valence electrons. The Morgan fingerprint density at radius 3 is 2.56 bits per heavy atom. The van der Waals surface area contributed by atoms with Crippen molar-refractivity contribution in [2.75, 3.05) is 7.11 Å². The Hall–Kier alpha value is -2.86. The largest absolute Gasteiger partial charge is 0.497 e. The van der Waals surface area contributed by atoms with Gasteiger partial charge in [-0.2, -0.15) is 0 Å². The summed E-state index contributed by atoms with van der Waals surface area (Å²) in [5, 5.41) is 1.91. The molecular formula is C21H16F2N2OS. The average molecular weight is 382 g/mol. The van der Waals surface area contributed by atoms with Crippen molar-refractivity contribution in [3.05, 3.63) is 84.2 Å². The minimum absolute atomic E-state index is 0.348. The summed E-state index contributed by atoms with van der Waals surface area (Å²) < 4.78 is 34.5. The van der Waals surface area contributed by atoms with Crippen LogP contribution in [0.5, 0.6) is 5.75 Å². The van der Waals surface area contributed by atoms with Gasteiger partial charge in [0, 0.05) is 41.4 Å². The van der Waals surface area contributed by atoms with E-state index in [2.05, 4.69) is 4.98 Å². The Morgan fingerprint density at radius 1 is 1.04 bits per heavy atom. The molecule has 27 heavy (non-hydrogen) atoms. The Labute approximate surface area is 159 Å². The molecule has 0 amide bonds. The molecule has 4 rings (SSSR count). The maximum atomic E-state index is 13.6. The van der Waals surface area contributed by atoms with Crippen LogP contribution in [0.2, 0.25) is 0 Å². The summed E-state index contributed by atoms with van der Waals surface area (Å²) in [7, 11) is 1.61. The predicted molar refractivity (Wildman–Crippen MR) is 102 cm³/mol. The number of rotatable bonds is 5. The highest BCUT2D eigenvalue weighted by atomic mass is 32.2. The average Bonchev–Trinajstić information content (AvgIpc) is 2.98. The van der Waals surface area contributed by atoms with Crippen molar-refractivity contribution >= 4 is 22.7 Å². The van der Waals surface area contributed by atoms with Gasteiger partial charge in [0.2, 0.25) is 0 Å². The lowest BCUT2D eigenvalue weighted by Gasteiger charge is -2.07. The zero-order valence-electron chi connectivity index (χ0n) is 14.5. The number of fused-ring (bicyclic) bond motifs is 1. The SMILES string of the molecule is COc1ccc2c(Sc3ccccn3)cn(Cc3cc(F)cc(F)c3)c2c1. The molecule has 0 aliphatic carbocycles. The summed E-state index contributed by atoms with van der Waals surface area (Å²) in [6.07, 6.45) is 3.73. The van der Waals surface area contributed by atoms with E-state index in [0.29, 0.717) is 12.1 Å². The highest BCUT2D eigenvalue weighted by molar-refractivity contribution is 7.99. The molecule has 0 saturated heterocycles. The highest BCUT2D eigenvalue weighted by Crippen LogP contribution is 2.36. The third kappa shape index (κ3) is 3.80. The number of benzene rings is 2. The lowest BCUT2D eigenvalue weighted by molar-refractivity contribution is 0.415. The molecular weight excluding hydrogens is 366 g/mol. The highest BCUT2D eigenvalue weighted by Gasteiger charge is 2.13. The zero-order chi connectivity index (χ0) is 18.8. The van der Waals surface area contributed by atoms with E-state index < -0.39 is 11.6 Å². The topological polar surface area (TPSA) is 27.1 Å². The van der Waals surface area contributed by atoms with Crippen molar-refractivity contribution in [3.8, 4) is 5.75 Å². The van der Waals surface area contributed by atoms with Crippen LogP contribution in [0, 0.1) is 11.6 Å². The molecule has 0 aliphatic heterocycles. The van der Waals surface area contributed by atoms with Gasteiger partial charge in [0.15, 0.2) is 0 Å². The number of ether oxygens (including phenoxy) is 1. The van der Waals surface area contributed by atoms with E-state index in [9.17, 15) is 8.78 Å². The standard InChI is InChI=1S/C21H16F2N2OS/c1-26-17-5-6-18-19(11-17)25(12-14-8-15(22)10-16(23)9-14)13-20(18)27-21-4-2-3-7-24-21/h2-11,13H,12H2,1H3. The maximum absolute atomic E-state index is 13.6. The van der Waals surface area contributed by atoms with E-state index in [1.807, 2.05) is 47.2 Å². The quantitative estimate of drug-likeness (QED) is 0.455. The van der Waals surface area contributed by atoms with Crippen molar-refractivity contribution in [2.45, 2.75) is 16.5 Å². The van der Waals surface area contributed by atoms with Crippen molar-refractivity contribution < 1.29 is 13.5 Å². The van der Waals surface area contributed by atoms with Gasteiger partial charge in [-0.1, -0.05) is 17.8 Å². The number of aromatic nitrogens is 2. The lowest BCUT2D eigenvalue weighted by atomic mass is 10.2. The molecule has 0 radical (unpaired) electrons.